The normalized spacial score (nSPS) is 29.3. The maximum Gasteiger partial charge on any atom is 0.248 e. The summed E-state index contributed by atoms with van der Waals surface area (Å²) in [5, 5.41) is 9.69. The molecular formula is C34H41N3O5. The Kier molecular flexibility index (Phi) is 8.39. The zero-order valence-electron chi connectivity index (χ0n) is 24.5. The lowest BCUT2D eigenvalue weighted by atomic mass is 9.62. The van der Waals surface area contributed by atoms with E-state index in [1.807, 2.05) is 74.5 Å². The van der Waals surface area contributed by atoms with E-state index < -0.39 is 29.1 Å². The number of aliphatic hydroxyl groups excluding tert-OH is 1. The molecule has 3 unspecified atom stereocenters. The highest BCUT2D eigenvalue weighted by molar-refractivity contribution is 6.03. The van der Waals surface area contributed by atoms with Crippen molar-refractivity contribution in [3.63, 3.8) is 0 Å². The molecule has 0 radical (unpaired) electrons. The van der Waals surface area contributed by atoms with Gasteiger partial charge in [0.25, 0.3) is 0 Å². The van der Waals surface area contributed by atoms with Gasteiger partial charge in [-0.15, -0.1) is 13.2 Å². The Hall–Kier alpha value is -3.75. The minimum absolute atomic E-state index is 0.0769. The fourth-order valence-electron chi connectivity index (χ4n) is 7.47. The molecule has 2 aromatic carbocycles. The van der Waals surface area contributed by atoms with Gasteiger partial charge >= 0.3 is 0 Å². The lowest BCUT2D eigenvalue weighted by Gasteiger charge is -2.39. The third kappa shape index (κ3) is 4.76. The number of carbonyl (C=O) groups is 3. The predicted octanol–water partition coefficient (Wildman–Crippen LogP) is 3.81. The van der Waals surface area contributed by atoms with Gasteiger partial charge in [0, 0.05) is 38.5 Å². The average molecular weight is 572 g/mol. The molecule has 2 bridgehead atoms. The predicted molar refractivity (Wildman–Crippen MR) is 161 cm³/mol. The molecule has 0 aromatic heterocycles. The summed E-state index contributed by atoms with van der Waals surface area (Å²) in [6.45, 7) is 12.7. The number of hydrogen-bond donors (Lipinski definition) is 1. The first kappa shape index (κ1) is 29.7. The minimum Gasteiger partial charge on any atom is -0.396 e. The van der Waals surface area contributed by atoms with Gasteiger partial charge in [0.1, 0.15) is 11.6 Å². The van der Waals surface area contributed by atoms with Crippen LogP contribution in [0.1, 0.15) is 32.3 Å². The van der Waals surface area contributed by atoms with Crippen LogP contribution in [0.15, 0.2) is 86.0 Å². The number of anilines is 1. The molecule has 5 rings (SSSR count). The first-order valence-corrected chi connectivity index (χ1v) is 14.8. The second kappa shape index (κ2) is 11.9. The second-order valence-corrected chi connectivity index (χ2v) is 11.9. The van der Waals surface area contributed by atoms with Crippen LogP contribution in [-0.2, 0) is 25.7 Å². The number of hydrogen-bond acceptors (Lipinski definition) is 5. The van der Waals surface area contributed by atoms with E-state index in [0.717, 1.165) is 5.56 Å². The van der Waals surface area contributed by atoms with Gasteiger partial charge in [0.2, 0.25) is 17.7 Å². The number of likely N-dealkylation sites (tertiary alicyclic amines) is 1. The van der Waals surface area contributed by atoms with E-state index in [-0.39, 0.29) is 43.3 Å². The van der Waals surface area contributed by atoms with Crippen LogP contribution in [0.3, 0.4) is 0 Å². The molecule has 3 aliphatic heterocycles. The van der Waals surface area contributed by atoms with E-state index in [9.17, 15) is 19.5 Å². The van der Waals surface area contributed by atoms with Gasteiger partial charge in [-0.05, 0) is 43.4 Å². The van der Waals surface area contributed by atoms with Crippen LogP contribution in [0.4, 0.5) is 5.69 Å². The lowest BCUT2D eigenvalue weighted by molar-refractivity contribution is -0.152. The number of nitrogens with zero attached hydrogens (tertiary/aromatic N) is 3. The number of benzene rings is 2. The van der Waals surface area contributed by atoms with E-state index in [4.69, 9.17) is 4.74 Å². The lowest BCUT2D eigenvalue weighted by Crippen LogP contribution is -2.57. The van der Waals surface area contributed by atoms with E-state index in [1.165, 1.54) is 0 Å². The molecular weight excluding hydrogens is 530 g/mol. The maximum absolute atomic E-state index is 14.6. The number of ether oxygens (including phenoxy) is 1. The number of amides is 3. The van der Waals surface area contributed by atoms with Crippen molar-refractivity contribution in [1.29, 1.82) is 0 Å². The molecule has 1 N–H and O–H groups in total. The number of para-hydroxylation sites is 1. The summed E-state index contributed by atoms with van der Waals surface area (Å²) in [5.41, 5.74) is -0.424. The molecule has 8 nitrogen and oxygen atoms in total. The summed E-state index contributed by atoms with van der Waals surface area (Å²) in [6, 6.07) is 18.1. The molecule has 0 aliphatic carbocycles. The van der Waals surface area contributed by atoms with Gasteiger partial charge in [-0.25, -0.2) is 0 Å². The standard InChI is InChI=1S/C34H41N3O5/c1-5-18-35(23-25-14-9-7-10-15-25)32(41)29-34-22-24(3)33(4,42-34)27(28(34)31(40)37(29)20-13-21-38)30(39)36(19-6-2)26-16-11-8-12-17-26/h5-12,14-17,24,27-29,38H,1-2,13,18-23H2,3-4H3/t24?,27-,28+,29?,33+,34?/m1/s1. The van der Waals surface area contributed by atoms with E-state index in [2.05, 4.69) is 13.2 Å². The third-order valence-electron chi connectivity index (χ3n) is 9.39. The van der Waals surface area contributed by atoms with Gasteiger partial charge in [-0.2, -0.15) is 0 Å². The quantitative estimate of drug-likeness (QED) is 0.392. The fourth-order valence-corrected chi connectivity index (χ4v) is 7.47. The largest absolute Gasteiger partial charge is 0.396 e. The molecule has 3 fully saturated rings. The topological polar surface area (TPSA) is 90.4 Å². The Bertz CT molecular complexity index is 1330. The monoisotopic (exact) mass is 571 g/mol. The van der Waals surface area contributed by atoms with Gasteiger partial charge in [0.15, 0.2) is 0 Å². The average Bonchev–Trinajstić information content (AvgIpc) is 3.51. The summed E-state index contributed by atoms with van der Waals surface area (Å²) in [7, 11) is 0. The summed E-state index contributed by atoms with van der Waals surface area (Å²) < 4.78 is 6.90. The van der Waals surface area contributed by atoms with Crippen LogP contribution in [0.5, 0.6) is 0 Å². The SMILES string of the molecule is C=CCN(Cc1ccccc1)C(=O)C1N(CCCO)C(=O)[C@@H]2[C@H](C(=O)N(CC=C)c3ccccc3)[C@@]3(C)OC12CC3C. The van der Waals surface area contributed by atoms with Crippen molar-refractivity contribution in [2.75, 3.05) is 31.1 Å². The van der Waals surface area contributed by atoms with Gasteiger partial charge in [-0.1, -0.05) is 67.6 Å². The molecule has 3 amide bonds. The van der Waals surface area contributed by atoms with Crippen LogP contribution in [0, 0.1) is 17.8 Å². The molecule has 1 spiro atoms. The molecule has 2 aromatic rings. The van der Waals surface area contributed by atoms with Gasteiger partial charge in [-0.3, -0.25) is 14.4 Å². The summed E-state index contributed by atoms with van der Waals surface area (Å²) in [6.07, 6.45) is 4.15. The van der Waals surface area contributed by atoms with Crippen molar-refractivity contribution < 1.29 is 24.2 Å². The molecule has 3 aliphatic rings. The van der Waals surface area contributed by atoms with Crippen molar-refractivity contribution in [2.45, 2.75) is 50.5 Å². The molecule has 8 heteroatoms. The van der Waals surface area contributed by atoms with Crippen molar-refractivity contribution in [2.24, 2.45) is 17.8 Å². The summed E-state index contributed by atoms with van der Waals surface area (Å²) in [4.78, 5) is 48.4. The molecule has 6 atom stereocenters. The number of aliphatic hydroxyl groups is 1. The molecule has 3 saturated heterocycles. The zero-order valence-corrected chi connectivity index (χ0v) is 24.5. The van der Waals surface area contributed by atoms with E-state index in [1.54, 1.807) is 26.9 Å². The highest BCUT2D eigenvalue weighted by Crippen LogP contribution is 2.65. The van der Waals surface area contributed by atoms with Crippen molar-refractivity contribution in [1.82, 2.24) is 9.80 Å². The van der Waals surface area contributed by atoms with E-state index in [0.29, 0.717) is 31.6 Å². The Morgan fingerprint density at radius 1 is 1.05 bits per heavy atom. The van der Waals surface area contributed by atoms with Crippen molar-refractivity contribution in [3.05, 3.63) is 91.5 Å². The number of fused-ring (bicyclic) bond motifs is 1. The van der Waals surface area contributed by atoms with Gasteiger partial charge in [0.05, 0.1) is 17.4 Å². The highest BCUT2D eigenvalue weighted by atomic mass is 16.5. The number of rotatable bonds is 12. The summed E-state index contributed by atoms with van der Waals surface area (Å²) >= 11 is 0. The second-order valence-electron chi connectivity index (χ2n) is 11.9. The van der Waals surface area contributed by atoms with Crippen molar-refractivity contribution in [3.8, 4) is 0 Å². The Labute approximate surface area is 248 Å². The molecule has 3 heterocycles. The minimum atomic E-state index is -1.16. The number of carbonyl (C=O) groups excluding carboxylic acids is 3. The third-order valence-corrected chi connectivity index (χ3v) is 9.39. The Morgan fingerprint density at radius 2 is 1.69 bits per heavy atom. The van der Waals surface area contributed by atoms with Crippen LogP contribution in [0.25, 0.3) is 0 Å². The molecule has 42 heavy (non-hydrogen) atoms. The van der Waals surface area contributed by atoms with Crippen LogP contribution in [-0.4, -0.2) is 76.1 Å². The molecule has 0 saturated carbocycles. The van der Waals surface area contributed by atoms with Crippen LogP contribution in [0.2, 0.25) is 0 Å². The van der Waals surface area contributed by atoms with Crippen LogP contribution >= 0.6 is 0 Å². The van der Waals surface area contributed by atoms with Crippen molar-refractivity contribution >= 4 is 23.4 Å². The van der Waals surface area contributed by atoms with Gasteiger partial charge < -0.3 is 24.5 Å². The Balaban J connectivity index is 1.58. The highest BCUT2D eigenvalue weighted by Gasteiger charge is 2.80. The Morgan fingerprint density at radius 3 is 2.31 bits per heavy atom. The van der Waals surface area contributed by atoms with Crippen LogP contribution < -0.4 is 4.90 Å². The molecule has 222 valence electrons. The van der Waals surface area contributed by atoms with E-state index >= 15 is 0 Å². The smallest absolute Gasteiger partial charge is 0.248 e. The summed E-state index contributed by atoms with van der Waals surface area (Å²) in [5.74, 6) is -2.39. The zero-order chi connectivity index (χ0) is 30.1. The fraction of sp³-hybridized carbons (Fsp3) is 0.441. The first-order valence-electron chi connectivity index (χ1n) is 14.8. The first-order chi connectivity index (χ1) is 20.2. The maximum atomic E-state index is 14.6.